The highest BCUT2D eigenvalue weighted by atomic mass is 32.2. The molecule has 0 atom stereocenters. The number of benzene rings is 7. The molecule has 11 aromatic rings. The molecule has 22 nitrogen and oxygen atoms in total. The summed E-state index contributed by atoms with van der Waals surface area (Å²) in [5.41, 5.74) is 8.16. The molecule has 0 radical (unpaired) electrons. The van der Waals surface area contributed by atoms with Crippen molar-refractivity contribution in [1.29, 1.82) is 10.5 Å². The van der Waals surface area contributed by atoms with Crippen LogP contribution in [0, 0.1) is 22.7 Å². The maximum Gasteiger partial charge on any atom is 0.268 e. The second-order valence-corrected chi connectivity index (χ2v) is 23.2. The van der Waals surface area contributed by atoms with Crippen LogP contribution in [0.5, 0.6) is 0 Å². The first-order valence-electron chi connectivity index (χ1n) is 28.8. The van der Waals surface area contributed by atoms with Crippen LogP contribution < -0.4 is 31.9 Å². The van der Waals surface area contributed by atoms with E-state index in [-0.39, 0.29) is 45.7 Å². The summed E-state index contributed by atoms with van der Waals surface area (Å²) in [6.45, 7) is 1.30. The standard InChI is InChI=1S/C38H32N8O4S.C32H28N8O2/c1-45(2)21-9-16-35(47)41-28-19-17-26(18-20-28)37(48)42-29-10-8-11-30(22-29)43-38-40-24-27(23-39)36(44-38)33-25-46(34-15-7-6-14-32(33)34)51(49,50)31-12-4-3-5-13-31;1-40(2)16-6-11-29(41)36-23-14-12-21(13-15-23)31(42)37-24-7-5-8-25(17-24)38-32-35-19-22(18-33)30(39-32)27-20-34-28-10-4-3-9-26(27)28/h3-20,22,24-25H,21H2,1-2H3,(H,41,47)(H,42,48)(H,40,43,44);3-15,17,19-20,34H,16H2,1-2H3,(H,36,41)(H,37,42)(H,35,38,39)/b16-9+;11-6+. The second kappa shape index (κ2) is 29.3. The van der Waals surface area contributed by atoms with Crippen LogP contribution in [0.25, 0.3) is 44.3 Å². The van der Waals surface area contributed by atoms with Gasteiger partial charge in [0, 0.05) is 110 Å². The molecule has 0 saturated heterocycles. The van der Waals surface area contributed by atoms with E-state index in [0.29, 0.717) is 92.0 Å². The maximum atomic E-state index is 13.7. The lowest BCUT2D eigenvalue weighted by Crippen LogP contribution is -2.13. The number of rotatable bonds is 20. The zero-order chi connectivity index (χ0) is 65.4. The Labute approximate surface area is 535 Å². The lowest BCUT2D eigenvalue weighted by Gasteiger charge is -2.10. The number of carbonyl (C=O) groups is 4. The van der Waals surface area contributed by atoms with E-state index in [0.717, 1.165) is 16.5 Å². The SMILES string of the molecule is CN(C)C/C=C/C(=O)Nc1ccc(C(=O)Nc2cccc(Nc3ncc(C#N)c(-c4c[nH]c5ccccc45)n3)c2)cc1.CN(C)C/C=C/C(=O)Nc1ccc(C(=O)Nc2cccc(Nc3ncc(C#N)c(-c4cn(S(=O)(=O)c5ccccc5)c5ccccc45)n3)c2)cc1. The molecule has 7 aromatic carbocycles. The molecule has 11 rings (SSSR count). The molecule has 462 valence electrons. The van der Waals surface area contributed by atoms with Crippen molar-refractivity contribution in [3.05, 3.63) is 247 Å². The Morgan fingerprint density at radius 1 is 0.527 bits per heavy atom. The van der Waals surface area contributed by atoms with Gasteiger partial charge in [0.15, 0.2) is 0 Å². The summed E-state index contributed by atoms with van der Waals surface area (Å²) in [4.78, 5) is 75.2. The van der Waals surface area contributed by atoms with Gasteiger partial charge in [0.05, 0.1) is 45.3 Å². The number of nitrogens with zero attached hydrogens (tertiary/aromatic N) is 9. The molecular weight excluding hydrogens is 1190 g/mol. The molecule has 0 fully saturated rings. The molecule has 0 aliphatic heterocycles. The van der Waals surface area contributed by atoms with Crippen molar-refractivity contribution in [3.63, 3.8) is 0 Å². The topological polar surface area (TPSA) is 301 Å². The summed E-state index contributed by atoms with van der Waals surface area (Å²) >= 11 is 0. The van der Waals surface area contributed by atoms with Gasteiger partial charge >= 0.3 is 0 Å². The fourth-order valence-corrected chi connectivity index (χ4v) is 10.9. The molecular formula is C70H60N16O6S. The number of nitrogens with one attached hydrogen (secondary N) is 7. The Morgan fingerprint density at radius 3 is 1.49 bits per heavy atom. The number of aromatic amines is 1. The Balaban J connectivity index is 0.000000207. The minimum absolute atomic E-state index is 0.125. The number of nitriles is 2. The number of para-hydroxylation sites is 2. The highest BCUT2D eigenvalue weighted by molar-refractivity contribution is 7.90. The van der Waals surface area contributed by atoms with E-state index in [9.17, 15) is 38.1 Å². The van der Waals surface area contributed by atoms with E-state index in [2.05, 4.69) is 69.0 Å². The number of anilines is 8. The molecule has 7 N–H and O–H groups in total. The van der Waals surface area contributed by atoms with Gasteiger partial charge in [-0.1, -0.05) is 78.9 Å². The highest BCUT2D eigenvalue weighted by Crippen LogP contribution is 2.35. The van der Waals surface area contributed by atoms with E-state index >= 15 is 0 Å². The molecule has 0 bridgehead atoms. The van der Waals surface area contributed by atoms with Gasteiger partial charge in [0.25, 0.3) is 21.8 Å². The predicted molar refractivity (Wildman–Crippen MR) is 362 cm³/mol. The van der Waals surface area contributed by atoms with Crippen LogP contribution in [-0.2, 0) is 19.6 Å². The lowest BCUT2D eigenvalue weighted by molar-refractivity contribution is -0.112. The van der Waals surface area contributed by atoms with Crippen LogP contribution in [0.3, 0.4) is 0 Å². The van der Waals surface area contributed by atoms with Crippen LogP contribution in [0.15, 0.2) is 230 Å². The smallest absolute Gasteiger partial charge is 0.268 e. The minimum atomic E-state index is -3.96. The van der Waals surface area contributed by atoms with Crippen molar-refractivity contribution >= 4 is 101 Å². The largest absolute Gasteiger partial charge is 0.360 e. The molecule has 23 heteroatoms. The Bertz CT molecular complexity index is 4840. The molecule has 4 amide bonds. The van der Waals surface area contributed by atoms with Crippen LogP contribution in [-0.4, -0.2) is 112 Å². The van der Waals surface area contributed by atoms with E-state index in [4.69, 9.17) is 0 Å². The van der Waals surface area contributed by atoms with Gasteiger partial charge in [-0.25, -0.2) is 32.3 Å². The van der Waals surface area contributed by atoms with E-state index in [1.54, 1.807) is 146 Å². The summed E-state index contributed by atoms with van der Waals surface area (Å²) < 4.78 is 28.5. The number of hydrogen-bond donors (Lipinski definition) is 7. The quantitative estimate of drug-likeness (QED) is 0.0349. The predicted octanol–water partition coefficient (Wildman–Crippen LogP) is 11.8. The zero-order valence-corrected chi connectivity index (χ0v) is 51.5. The maximum absolute atomic E-state index is 13.7. The highest BCUT2D eigenvalue weighted by Gasteiger charge is 2.24. The van der Waals surface area contributed by atoms with Crippen molar-refractivity contribution in [2.24, 2.45) is 0 Å². The third kappa shape index (κ3) is 16.1. The number of carbonyl (C=O) groups excluding carboxylic acids is 4. The number of hydrogen-bond acceptors (Lipinski definition) is 16. The summed E-state index contributed by atoms with van der Waals surface area (Å²) in [6, 6.07) is 54.5. The van der Waals surface area contributed by atoms with Gasteiger partial charge in [-0.05, 0) is 137 Å². The zero-order valence-electron chi connectivity index (χ0n) is 50.7. The van der Waals surface area contributed by atoms with Crippen molar-refractivity contribution in [2.45, 2.75) is 4.90 Å². The number of amides is 4. The lowest BCUT2D eigenvalue weighted by atomic mass is 10.1. The van der Waals surface area contributed by atoms with Gasteiger partial charge < -0.3 is 46.7 Å². The number of fused-ring (bicyclic) bond motifs is 2. The fourth-order valence-electron chi connectivity index (χ4n) is 9.50. The van der Waals surface area contributed by atoms with Crippen molar-refractivity contribution < 1.29 is 27.6 Å². The molecule has 0 aliphatic carbocycles. The summed E-state index contributed by atoms with van der Waals surface area (Å²) in [6.07, 6.45) is 12.6. The third-order valence-electron chi connectivity index (χ3n) is 14.0. The van der Waals surface area contributed by atoms with Crippen molar-refractivity contribution in [3.8, 4) is 34.7 Å². The average molecular weight is 1250 g/mol. The number of H-pyrrole nitrogens is 1. The van der Waals surface area contributed by atoms with E-state index in [1.807, 2.05) is 74.5 Å². The van der Waals surface area contributed by atoms with Crippen LogP contribution >= 0.6 is 0 Å². The fraction of sp³-hybridized carbons (Fsp3) is 0.0857. The van der Waals surface area contributed by atoms with Crippen molar-refractivity contribution in [2.75, 3.05) is 73.2 Å². The van der Waals surface area contributed by atoms with Gasteiger partial charge in [-0.15, -0.1) is 0 Å². The van der Waals surface area contributed by atoms with Crippen molar-refractivity contribution in [1.82, 2.24) is 38.7 Å². The summed E-state index contributed by atoms with van der Waals surface area (Å²) in [5.74, 6) is -0.684. The molecule has 4 aromatic heterocycles. The monoisotopic (exact) mass is 1250 g/mol. The molecule has 0 saturated carbocycles. The first-order valence-corrected chi connectivity index (χ1v) is 30.3. The molecule has 4 heterocycles. The molecule has 0 aliphatic rings. The first kappa shape index (κ1) is 63.6. The summed E-state index contributed by atoms with van der Waals surface area (Å²) in [5, 5.41) is 38.7. The number of likely N-dealkylation sites (N-methyl/N-ethyl adjacent to an activating group) is 2. The Morgan fingerprint density at radius 2 is 0.989 bits per heavy atom. The molecule has 93 heavy (non-hydrogen) atoms. The molecule has 0 unspecified atom stereocenters. The van der Waals surface area contributed by atoms with Gasteiger partial charge in [0.2, 0.25) is 23.7 Å². The average Bonchev–Trinajstić information content (AvgIpc) is 1.62. The third-order valence-corrected chi connectivity index (χ3v) is 15.6. The van der Waals surface area contributed by atoms with E-state index < -0.39 is 10.0 Å². The number of aromatic nitrogens is 6. The van der Waals surface area contributed by atoms with Gasteiger partial charge in [0.1, 0.15) is 12.1 Å². The van der Waals surface area contributed by atoms with Crippen LogP contribution in [0.1, 0.15) is 31.8 Å². The Hall–Kier alpha value is -12.4. The van der Waals surface area contributed by atoms with E-state index in [1.165, 1.54) is 46.8 Å². The molecule has 0 spiro atoms. The summed E-state index contributed by atoms with van der Waals surface area (Å²) in [7, 11) is 3.70. The van der Waals surface area contributed by atoms with Crippen LogP contribution in [0.2, 0.25) is 0 Å². The first-order chi connectivity index (χ1) is 45.0. The van der Waals surface area contributed by atoms with Gasteiger partial charge in [-0.3, -0.25) is 19.2 Å². The normalized spacial score (nSPS) is 11.2. The minimum Gasteiger partial charge on any atom is -0.360 e. The van der Waals surface area contributed by atoms with Gasteiger partial charge in [-0.2, -0.15) is 10.5 Å². The van der Waals surface area contributed by atoms with Crippen LogP contribution in [0.4, 0.5) is 46.0 Å². The Kier molecular flexibility index (Phi) is 20.0. The second-order valence-electron chi connectivity index (χ2n) is 21.3.